The standard InChI is InChI=1S/C19H21N3O5S.2ClH/c23-18(15-6-8-16(9-7-15)22(24)25)10-12-21-13-11-20-14-19(21)28(26,27)17-4-2-1-3-5-17;;/h1-9,19-20H,10-14H2;2*1H. The van der Waals surface area contributed by atoms with Crippen molar-refractivity contribution in [2.75, 3.05) is 26.2 Å². The maximum atomic E-state index is 13.0. The zero-order chi connectivity index (χ0) is 20.1. The van der Waals surface area contributed by atoms with E-state index in [1.54, 1.807) is 30.3 Å². The first-order valence-corrected chi connectivity index (χ1v) is 10.5. The fraction of sp³-hybridized carbons (Fsp3) is 0.316. The maximum absolute atomic E-state index is 13.0. The Balaban J connectivity index is 0.00000225. The number of Topliss-reactive ketones (excluding diaryl/α,β-unsaturated/α-hetero) is 1. The van der Waals surface area contributed by atoms with Gasteiger partial charge in [-0.1, -0.05) is 18.2 Å². The smallest absolute Gasteiger partial charge is 0.269 e. The molecule has 1 saturated heterocycles. The van der Waals surface area contributed by atoms with Crippen LogP contribution in [0.4, 0.5) is 5.69 Å². The SMILES string of the molecule is Cl.Cl.O=C(CCN1CCNCC1S(=O)(=O)c1ccccc1)c1ccc([N+](=O)[O-])cc1. The highest BCUT2D eigenvalue weighted by Gasteiger charge is 2.34. The summed E-state index contributed by atoms with van der Waals surface area (Å²) in [6.45, 7) is 1.76. The molecule has 0 bridgehead atoms. The molecule has 1 unspecified atom stereocenters. The van der Waals surface area contributed by atoms with Gasteiger partial charge in [-0.2, -0.15) is 0 Å². The van der Waals surface area contributed by atoms with Crippen LogP contribution in [-0.4, -0.2) is 55.6 Å². The van der Waals surface area contributed by atoms with Crippen molar-refractivity contribution < 1.29 is 18.1 Å². The number of nitro benzene ring substituents is 1. The Morgan fingerprint density at radius 3 is 2.33 bits per heavy atom. The average Bonchev–Trinajstić information content (AvgIpc) is 2.73. The lowest BCUT2D eigenvalue weighted by Crippen LogP contribution is -2.55. The van der Waals surface area contributed by atoms with Crippen LogP contribution in [0.5, 0.6) is 0 Å². The van der Waals surface area contributed by atoms with Crippen molar-refractivity contribution in [2.45, 2.75) is 16.7 Å². The van der Waals surface area contributed by atoms with Crippen molar-refractivity contribution in [1.29, 1.82) is 0 Å². The van der Waals surface area contributed by atoms with Crippen LogP contribution in [0.25, 0.3) is 0 Å². The molecule has 1 aliphatic rings. The number of sulfone groups is 1. The molecule has 1 heterocycles. The summed E-state index contributed by atoms with van der Waals surface area (Å²) in [6, 6.07) is 13.7. The zero-order valence-corrected chi connectivity index (χ0v) is 18.4. The minimum atomic E-state index is -3.56. The minimum Gasteiger partial charge on any atom is -0.313 e. The molecule has 0 radical (unpaired) electrons. The van der Waals surface area contributed by atoms with Gasteiger partial charge >= 0.3 is 0 Å². The Bertz CT molecular complexity index is 956. The zero-order valence-electron chi connectivity index (χ0n) is 16.0. The van der Waals surface area contributed by atoms with Crippen molar-refractivity contribution >= 4 is 46.1 Å². The second-order valence-electron chi connectivity index (χ2n) is 6.53. The summed E-state index contributed by atoms with van der Waals surface area (Å²) in [5, 5.41) is 13.1. The Labute approximate surface area is 187 Å². The van der Waals surface area contributed by atoms with E-state index in [1.807, 2.05) is 4.90 Å². The topological polar surface area (TPSA) is 110 Å². The number of ketones is 1. The third-order valence-corrected chi connectivity index (χ3v) is 6.87. The van der Waals surface area contributed by atoms with Crippen LogP contribution in [-0.2, 0) is 9.84 Å². The number of benzene rings is 2. The van der Waals surface area contributed by atoms with E-state index in [0.717, 1.165) is 0 Å². The Morgan fingerprint density at radius 2 is 1.73 bits per heavy atom. The molecule has 0 aromatic heterocycles. The number of nitrogens with zero attached hydrogens (tertiary/aromatic N) is 2. The molecule has 11 heteroatoms. The van der Waals surface area contributed by atoms with Crippen molar-refractivity contribution in [3.63, 3.8) is 0 Å². The van der Waals surface area contributed by atoms with E-state index in [9.17, 15) is 23.3 Å². The summed E-state index contributed by atoms with van der Waals surface area (Å²) in [5.41, 5.74) is 0.302. The molecule has 2 aromatic rings. The highest BCUT2D eigenvalue weighted by molar-refractivity contribution is 7.92. The Hall–Kier alpha value is -2.04. The van der Waals surface area contributed by atoms with Gasteiger partial charge in [-0.25, -0.2) is 8.42 Å². The number of hydrogen-bond donors (Lipinski definition) is 1. The van der Waals surface area contributed by atoms with Crippen LogP contribution in [0.15, 0.2) is 59.5 Å². The van der Waals surface area contributed by atoms with Gasteiger partial charge in [0.25, 0.3) is 5.69 Å². The molecule has 30 heavy (non-hydrogen) atoms. The summed E-state index contributed by atoms with van der Waals surface area (Å²) >= 11 is 0. The van der Waals surface area contributed by atoms with Gasteiger partial charge in [0, 0.05) is 50.3 Å². The molecule has 1 aliphatic heterocycles. The molecule has 0 aliphatic carbocycles. The largest absolute Gasteiger partial charge is 0.313 e. The normalized spacial score (nSPS) is 16.7. The first-order valence-electron chi connectivity index (χ1n) is 8.91. The van der Waals surface area contributed by atoms with E-state index in [2.05, 4.69) is 5.32 Å². The van der Waals surface area contributed by atoms with Gasteiger partial charge < -0.3 is 5.32 Å². The van der Waals surface area contributed by atoms with Crippen LogP contribution in [0.1, 0.15) is 16.8 Å². The predicted octanol–water partition coefficient (Wildman–Crippen LogP) is 2.72. The molecule has 0 spiro atoms. The van der Waals surface area contributed by atoms with Gasteiger partial charge in [-0.15, -0.1) is 24.8 Å². The van der Waals surface area contributed by atoms with Gasteiger partial charge in [0.2, 0.25) is 0 Å². The fourth-order valence-corrected chi connectivity index (χ4v) is 5.00. The van der Waals surface area contributed by atoms with E-state index in [1.165, 1.54) is 24.3 Å². The van der Waals surface area contributed by atoms with Gasteiger partial charge in [0.15, 0.2) is 15.6 Å². The predicted molar refractivity (Wildman–Crippen MR) is 118 cm³/mol. The Morgan fingerprint density at radius 1 is 1.10 bits per heavy atom. The average molecular weight is 476 g/mol. The summed E-state index contributed by atoms with van der Waals surface area (Å²) in [7, 11) is -3.56. The second kappa shape index (κ2) is 11.4. The molecule has 164 valence electrons. The summed E-state index contributed by atoms with van der Waals surface area (Å²) in [4.78, 5) is 24.7. The van der Waals surface area contributed by atoms with E-state index in [4.69, 9.17) is 0 Å². The molecular weight excluding hydrogens is 453 g/mol. The quantitative estimate of drug-likeness (QED) is 0.372. The number of non-ortho nitro benzene ring substituents is 1. The number of carbonyl (C=O) groups excluding carboxylic acids is 1. The molecule has 3 rings (SSSR count). The molecule has 2 aromatic carbocycles. The van der Waals surface area contributed by atoms with Gasteiger partial charge in [0.1, 0.15) is 5.37 Å². The number of piperazine rings is 1. The van der Waals surface area contributed by atoms with Crippen LogP contribution in [0, 0.1) is 10.1 Å². The number of halogens is 2. The first kappa shape index (κ1) is 26.0. The number of rotatable bonds is 7. The van der Waals surface area contributed by atoms with Gasteiger partial charge in [0.05, 0.1) is 9.82 Å². The second-order valence-corrected chi connectivity index (χ2v) is 8.64. The van der Waals surface area contributed by atoms with Crippen LogP contribution in [0.3, 0.4) is 0 Å². The van der Waals surface area contributed by atoms with E-state index >= 15 is 0 Å². The van der Waals surface area contributed by atoms with Crippen molar-refractivity contribution in [3.05, 3.63) is 70.3 Å². The maximum Gasteiger partial charge on any atom is 0.269 e. The molecule has 1 N–H and O–H groups in total. The molecular formula is C19H23Cl2N3O5S. The van der Waals surface area contributed by atoms with Crippen LogP contribution < -0.4 is 5.32 Å². The van der Waals surface area contributed by atoms with E-state index in [0.29, 0.717) is 31.7 Å². The van der Waals surface area contributed by atoms with Crippen molar-refractivity contribution in [1.82, 2.24) is 10.2 Å². The minimum absolute atomic E-state index is 0. The van der Waals surface area contributed by atoms with E-state index < -0.39 is 20.1 Å². The monoisotopic (exact) mass is 475 g/mol. The highest BCUT2D eigenvalue weighted by Crippen LogP contribution is 2.21. The van der Waals surface area contributed by atoms with Crippen molar-refractivity contribution in [3.8, 4) is 0 Å². The lowest BCUT2D eigenvalue weighted by atomic mass is 10.1. The lowest BCUT2D eigenvalue weighted by molar-refractivity contribution is -0.384. The van der Waals surface area contributed by atoms with Crippen LogP contribution in [0.2, 0.25) is 0 Å². The molecule has 1 fully saturated rings. The lowest BCUT2D eigenvalue weighted by Gasteiger charge is -2.35. The Kier molecular flexibility index (Phi) is 9.86. The number of nitro groups is 1. The fourth-order valence-electron chi connectivity index (χ4n) is 3.21. The molecule has 8 nitrogen and oxygen atoms in total. The summed E-state index contributed by atoms with van der Waals surface area (Å²) in [6.07, 6.45) is 0.138. The number of nitrogens with one attached hydrogen (secondary N) is 1. The third-order valence-electron chi connectivity index (χ3n) is 4.76. The highest BCUT2D eigenvalue weighted by atomic mass is 35.5. The first-order chi connectivity index (χ1) is 13.4. The summed E-state index contributed by atoms with van der Waals surface area (Å²) in [5.74, 6) is -0.177. The molecule has 0 saturated carbocycles. The van der Waals surface area contributed by atoms with E-state index in [-0.39, 0.29) is 47.6 Å². The third kappa shape index (κ3) is 5.99. The number of carbonyl (C=O) groups is 1. The molecule has 0 amide bonds. The van der Waals surface area contributed by atoms with Crippen LogP contribution >= 0.6 is 24.8 Å². The van der Waals surface area contributed by atoms with Gasteiger partial charge in [-0.3, -0.25) is 19.8 Å². The summed E-state index contributed by atoms with van der Waals surface area (Å²) < 4.78 is 26.0. The van der Waals surface area contributed by atoms with Gasteiger partial charge in [-0.05, 0) is 24.3 Å². The van der Waals surface area contributed by atoms with Crippen molar-refractivity contribution in [2.24, 2.45) is 0 Å². The molecule has 1 atom stereocenters. The number of hydrogen-bond acceptors (Lipinski definition) is 7.